The summed E-state index contributed by atoms with van der Waals surface area (Å²) in [6.45, 7) is 0. The molecule has 6 aliphatic rings. The van der Waals surface area contributed by atoms with Gasteiger partial charge in [-0.15, -0.1) is 0 Å². The van der Waals surface area contributed by atoms with Gasteiger partial charge in [-0.05, 0) is 104 Å². The summed E-state index contributed by atoms with van der Waals surface area (Å²) in [5.41, 5.74) is 0. The van der Waals surface area contributed by atoms with E-state index < -0.39 is 0 Å². The lowest BCUT2D eigenvalue weighted by Crippen LogP contribution is -2.56. The van der Waals surface area contributed by atoms with E-state index in [4.69, 9.17) is 0 Å². The predicted octanol–water partition coefficient (Wildman–Crippen LogP) is 5.30. The lowest BCUT2D eigenvalue weighted by atomic mass is 9.43. The summed E-state index contributed by atoms with van der Waals surface area (Å²) >= 11 is 0. The van der Waals surface area contributed by atoms with E-state index in [1.807, 2.05) is 0 Å². The molecule has 0 aromatic rings. The molecule has 5 fully saturated rings. The first-order chi connectivity index (χ1) is 10.4. The van der Waals surface area contributed by atoms with E-state index in [1.54, 1.807) is 51.4 Å². The van der Waals surface area contributed by atoms with Gasteiger partial charge in [0.15, 0.2) is 0 Å². The molecule has 0 spiro atoms. The van der Waals surface area contributed by atoms with Gasteiger partial charge in [0.25, 0.3) is 0 Å². The van der Waals surface area contributed by atoms with Gasteiger partial charge >= 0.3 is 0 Å². The molecule has 6 rings (SSSR count). The SMILES string of the molecule is C1=CC2C3CCCC4CC5CCC6CCC(C1)C2C6C5C43. The molecule has 10 unspecified atom stereocenters. The van der Waals surface area contributed by atoms with Gasteiger partial charge in [0.05, 0.1) is 0 Å². The van der Waals surface area contributed by atoms with E-state index >= 15 is 0 Å². The van der Waals surface area contributed by atoms with Gasteiger partial charge in [-0.1, -0.05) is 25.0 Å². The van der Waals surface area contributed by atoms with Gasteiger partial charge in [0.2, 0.25) is 0 Å². The van der Waals surface area contributed by atoms with E-state index in [0.29, 0.717) is 0 Å². The first kappa shape index (κ1) is 12.2. The number of allylic oxidation sites excluding steroid dienone is 2. The van der Waals surface area contributed by atoms with Gasteiger partial charge in [-0.25, -0.2) is 0 Å². The molecule has 0 aliphatic heterocycles. The highest BCUT2D eigenvalue weighted by Crippen LogP contribution is 2.69. The van der Waals surface area contributed by atoms with Crippen molar-refractivity contribution in [2.75, 3.05) is 0 Å². The lowest BCUT2D eigenvalue weighted by Gasteiger charge is -2.62. The maximum Gasteiger partial charge on any atom is -0.0168 e. The van der Waals surface area contributed by atoms with Crippen LogP contribution in [0.15, 0.2) is 12.2 Å². The van der Waals surface area contributed by atoms with Crippen LogP contribution in [-0.4, -0.2) is 0 Å². The molecule has 0 aromatic heterocycles. The molecule has 0 aromatic carbocycles. The van der Waals surface area contributed by atoms with Crippen LogP contribution in [0, 0.1) is 59.2 Å². The zero-order valence-corrected chi connectivity index (χ0v) is 13.3. The van der Waals surface area contributed by atoms with Crippen molar-refractivity contribution in [3.8, 4) is 0 Å². The van der Waals surface area contributed by atoms with Gasteiger partial charge in [-0.3, -0.25) is 0 Å². The molecule has 114 valence electrons. The van der Waals surface area contributed by atoms with E-state index in [9.17, 15) is 0 Å². The molecule has 10 atom stereocenters. The van der Waals surface area contributed by atoms with Crippen molar-refractivity contribution >= 4 is 0 Å². The van der Waals surface area contributed by atoms with Gasteiger partial charge in [-0.2, -0.15) is 0 Å². The van der Waals surface area contributed by atoms with Crippen LogP contribution in [0.5, 0.6) is 0 Å². The van der Waals surface area contributed by atoms with Crippen molar-refractivity contribution in [2.45, 2.75) is 57.8 Å². The zero-order chi connectivity index (χ0) is 13.6. The largest absolute Gasteiger partial charge is 0.0880 e. The number of fused-ring (bicyclic) bond motifs is 1. The predicted molar refractivity (Wildman–Crippen MR) is 85.6 cm³/mol. The third-order valence-corrected chi connectivity index (χ3v) is 9.28. The molecule has 0 heterocycles. The van der Waals surface area contributed by atoms with Crippen molar-refractivity contribution < 1.29 is 0 Å². The Morgan fingerprint density at radius 3 is 2.33 bits per heavy atom. The lowest BCUT2D eigenvalue weighted by molar-refractivity contribution is -0.121. The van der Waals surface area contributed by atoms with Crippen molar-refractivity contribution in [1.29, 1.82) is 0 Å². The number of hydrogen-bond acceptors (Lipinski definition) is 0. The topological polar surface area (TPSA) is 0 Å². The fourth-order valence-corrected chi connectivity index (χ4v) is 9.01. The Bertz CT molecular complexity index is 476. The molecule has 0 N–H and O–H groups in total. The first-order valence-electron chi connectivity index (χ1n) is 10.1. The maximum atomic E-state index is 2.73. The third-order valence-electron chi connectivity index (χ3n) is 9.28. The highest BCUT2D eigenvalue weighted by molar-refractivity contribution is 5.17. The molecule has 0 nitrogen and oxygen atoms in total. The minimum absolute atomic E-state index is 1.01. The molecular weight excluding hydrogens is 252 g/mol. The van der Waals surface area contributed by atoms with Crippen LogP contribution in [-0.2, 0) is 0 Å². The second-order valence-electron chi connectivity index (χ2n) is 9.58. The van der Waals surface area contributed by atoms with Gasteiger partial charge in [0.1, 0.15) is 0 Å². The molecule has 0 saturated heterocycles. The highest BCUT2D eigenvalue weighted by Gasteiger charge is 2.63. The second kappa shape index (κ2) is 4.18. The van der Waals surface area contributed by atoms with Crippen LogP contribution < -0.4 is 0 Å². The Morgan fingerprint density at radius 1 is 0.619 bits per heavy atom. The van der Waals surface area contributed by atoms with Crippen LogP contribution in [0.1, 0.15) is 57.8 Å². The molecule has 0 radical (unpaired) electrons. The first-order valence-corrected chi connectivity index (χ1v) is 10.1. The van der Waals surface area contributed by atoms with Crippen LogP contribution >= 0.6 is 0 Å². The number of rotatable bonds is 0. The van der Waals surface area contributed by atoms with Crippen molar-refractivity contribution in [2.24, 2.45) is 59.2 Å². The normalized spacial score (nSPS) is 63.2. The van der Waals surface area contributed by atoms with E-state index in [0.717, 1.165) is 41.4 Å². The maximum absolute atomic E-state index is 2.73. The minimum Gasteiger partial charge on any atom is -0.0880 e. The molecule has 6 aliphatic carbocycles. The summed E-state index contributed by atoms with van der Waals surface area (Å²) in [5.74, 6) is 11.3. The average molecular weight is 282 g/mol. The van der Waals surface area contributed by atoms with Crippen molar-refractivity contribution in [3.63, 3.8) is 0 Å². The summed E-state index contributed by atoms with van der Waals surface area (Å²) in [7, 11) is 0. The van der Waals surface area contributed by atoms with Gasteiger partial charge in [0, 0.05) is 0 Å². The van der Waals surface area contributed by atoms with Crippen molar-refractivity contribution in [3.05, 3.63) is 12.2 Å². The summed E-state index contributed by atoms with van der Waals surface area (Å²) in [5, 5.41) is 0. The Morgan fingerprint density at radius 2 is 1.38 bits per heavy atom. The molecule has 21 heavy (non-hydrogen) atoms. The van der Waals surface area contributed by atoms with Crippen LogP contribution in [0.25, 0.3) is 0 Å². The number of hydrogen-bond donors (Lipinski definition) is 0. The summed E-state index contributed by atoms with van der Waals surface area (Å²) in [6, 6.07) is 0. The zero-order valence-electron chi connectivity index (χ0n) is 13.3. The monoisotopic (exact) mass is 282 g/mol. The van der Waals surface area contributed by atoms with E-state index in [2.05, 4.69) is 12.2 Å². The standard InChI is InChI=1S/C21H30/c1-3-12-7-8-13-9-10-15-11-14-4-2-6-17-16(5-1)18(12)20(13)21(15)19(14)17/h1,5,12-21H,2-4,6-11H2. The fraction of sp³-hybridized carbons (Fsp3) is 0.905. The second-order valence-corrected chi connectivity index (χ2v) is 9.58. The van der Waals surface area contributed by atoms with Crippen LogP contribution in [0.4, 0.5) is 0 Å². The van der Waals surface area contributed by atoms with E-state index in [-0.39, 0.29) is 0 Å². The Kier molecular flexibility index (Phi) is 2.43. The van der Waals surface area contributed by atoms with Gasteiger partial charge < -0.3 is 0 Å². The average Bonchev–Trinajstić information content (AvgIpc) is 2.92. The fourth-order valence-electron chi connectivity index (χ4n) is 9.01. The van der Waals surface area contributed by atoms with E-state index in [1.165, 1.54) is 24.2 Å². The Labute approximate surface area is 129 Å². The molecule has 0 amide bonds. The molecule has 0 bridgehead atoms. The molecule has 5 saturated carbocycles. The third kappa shape index (κ3) is 1.44. The summed E-state index contributed by atoms with van der Waals surface area (Å²) < 4.78 is 0. The van der Waals surface area contributed by atoms with Crippen molar-refractivity contribution in [1.82, 2.24) is 0 Å². The summed E-state index contributed by atoms with van der Waals surface area (Å²) in [4.78, 5) is 0. The smallest absolute Gasteiger partial charge is 0.0168 e. The van der Waals surface area contributed by atoms with Crippen LogP contribution in [0.2, 0.25) is 0 Å². The highest BCUT2D eigenvalue weighted by atomic mass is 14.7. The van der Waals surface area contributed by atoms with Crippen LogP contribution in [0.3, 0.4) is 0 Å². The Hall–Kier alpha value is -0.260. The molecular formula is C21H30. The molecule has 0 heteroatoms. The summed E-state index contributed by atoms with van der Waals surface area (Å²) in [6.07, 6.45) is 19.5. The minimum atomic E-state index is 1.01. The Balaban J connectivity index is 1.51. The quantitative estimate of drug-likeness (QED) is 0.529.